The maximum Gasteiger partial charge on any atom is 0.269 e. The summed E-state index contributed by atoms with van der Waals surface area (Å²) in [6.07, 6.45) is 9.15. The Labute approximate surface area is 166 Å². The second-order valence-electron chi connectivity index (χ2n) is 7.68. The Kier molecular flexibility index (Phi) is 7.07. The maximum atomic E-state index is 12.5. The van der Waals surface area contributed by atoms with E-state index in [1.54, 1.807) is 0 Å². The van der Waals surface area contributed by atoms with Gasteiger partial charge in [-0.3, -0.25) is 20.4 Å². The van der Waals surface area contributed by atoms with E-state index in [-0.39, 0.29) is 10.8 Å². The van der Waals surface area contributed by atoms with E-state index in [9.17, 15) is 18.0 Å². The number of hydrogen-bond acceptors (Lipinski definition) is 4. The molecule has 2 N–H and O–H groups in total. The molecular formula is C20H29N3O4S. The van der Waals surface area contributed by atoms with E-state index < -0.39 is 15.9 Å². The number of rotatable bonds is 6. The molecule has 0 aromatic heterocycles. The summed E-state index contributed by atoms with van der Waals surface area (Å²) in [6.45, 7) is 1.08. The first-order valence-corrected chi connectivity index (χ1v) is 11.6. The van der Waals surface area contributed by atoms with E-state index in [1.165, 1.54) is 60.7 Å². The summed E-state index contributed by atoms with van der Waals surface area (Å²) in [5, 5.41) is 0. The molecule has 0 unspecified atom stereocenters. The number of amides is 2. The van der Waals surface area contributed by atoms with Gasteiger partial charge in [-0.15, -0.1) is 0 Å². The zero-order valence-electron chi connectivity index (χ0n) is 16.2. The highest BCUT2D eigenvalue weighted by Crippen LogP contribution is 2.27. The molecule has 1 aliphatic carbocycles. The van der Waals surface area contributed by atoms with Gasteiger partial charge in [-0.25, -0.2) is 8.42 Å². The van der Waals surface area contributed by atoms with Gasteiger partial charge in [0.05, 0.1) is 4.90 Å². The number of nitrogens with one attached hydrogen (secondary N) is 2. The van der Waals surface area contributed by atoms with E-state index in [0.29, 0.717) is 31.0 Å². The van der Waals surface area contributed by atoms with Crippen molar-refractivity contribution < 1.29 is 18.0 Å². The number of hydrazine groups is 1. The normalized spacial score (nSPS) is 18.7. The van der Waals surface area contributed by atoms with Crippen molar-refractivity contribution in [1.82, 2.24) is 15.2 Å². The SMILES string of the molecule is O=C(CCC1CCCCC1)NNC(=O)c1ccc(S(=O)(=O)N2CCCC2)cc1. The van der Waals surface area contributed by atoms with Gasteiger partial charge in [-0.05, 0) is 49.4 Å². The molecule has 0 bridgehead atoms. The van der Waals surface area contributed by atoms with Crippen molar-refractivity contribution in [1.29, 1.82) is 0 Å². The first-order valence-electron chi connectivity index (χ1n) is 10.2. The summed E-state index contributed by atoms with van der Waals surface area (Å²) in [4.78, 5) is 24.3. The molecule has 28 heavy (non-hydrogen) atoms. The fraction of sp³-hybridized carbons (Fsp3) is 0.600. The lowest BCUT2D eigenvalue weighted by Gasteiger charge is -2.21. The predicted molar refractivity (Wildman–Crippen MR) is 106 cm³/mol. The van der Waals surface area contributed by atoms with E-state index in [0.717, 1.165) is 19.3 Å². The molecule has 0 atom stereocenters. The first-order chi connectivity index (χ1) is 13.5. The molecule has 0 radical (unpaired) electrons. The number of hydrogen-bond donors (Lipinski definition) is 2. The second-order valence-corrected chi connectivity index (χ2v) is 9.62. The minimum absolute atomic E-state index is 0.183. The largest absolute Gasteiger partial charge is 0.273 e. The van der Waals surface area contributed by atoms with Gasteiger partial charge in [-0.1, -0.05) is 32.1 Å². The zero-order chi connectivity index (χ0) is 20.0. The van der Waals surface area contributed by atoms with Crippen molar-refractivity contribution in [2.45, 2.75) is 62.7 Å². The van der Waals surface area contributed by atoms with Crippen LogP contribution in [0.5, 0.6) is 0 Å². The molecule has 2 aliphatic rings. The van der Waals surface area contributed by atoms with Crippen LogP contribution in [0.3, 0.4) is 0 Å². The number of carbonyl (C=O) groups is 2. The molecule has 2 fully saturated rings. The molecular weight excluding hydrogens is 378 g/mol. The highest BCUT2D eigenvalue weighted by Gasteiger charge is 2.27. The van der Waals surface area contributed by atoms with Gasteiger partial charge in [0.15, 0.2) is 0 Å². The van der Waals surface area contributed by atoms with Crippen LogP contribution < -0.4 is 10.9 Å². The van der Waals surface area contributed by atoms with Crippen molar-refractivity contribution in [3.8, 4) is 0 Å². The van der Waals surface area contributed by atoms with Crippen LogP contribution in [0.1, 0.15) is 68.1 Å². The average molecular weight is 408 g/mol. The number of carbonyl (C=O) groups excluding carboxylic acids is 2. The third-order valence-corrected chi connectivity index (χ3v) is 7.55. The summed E-state index contributed by atoms with van der Waals surface area (Å²) >= 11 is 0. The molecule has 1 saturated carbocycles. The number of benzene rings is 1. The Morgan fingerprint density at radius 2 is 1.57 bits per heavy atom. The molecule has 0 spiro atoms. The average Bonchev–Trinajstić information content (AvgIpc) is 3.27. The molecule has 7 nitrogen and oxygen atoms in total. The summed E-state index contributed by atoms with van der Waals surface area (Å²) in [6, 6.07) is 5.81. The molecule has 3 rings (SSSR count). The van der Waals surface area contributed by atoms with Crippen LogP contribution in [0.2, 0.25) is 0 Å². The summed E-state index contributed by atoms with van der Waals surface area (Å²) in [7, 11) is -3.49. The number of sulfonamides is 1. The van der Waals surface area contributed by atoms with Gasteiger partial charge in [0.25, 0.3) is 5.91 Å². The van der Waals surface area contributed by atoms with Crippen molar-refractivity contribution in [2.75, 3.05) is 13.1 Å². The second kappa shape index (κ2) is 9.52. The minimum Gasteiger partial charge on any atom is -0.273 e. The van der Waals surface area contributed by atoms with Gasteiger partial charge in [0.2, 0.25) is 15.9 Å². The monoisotopic (exact) mass is 407 g/mol. The lowest BCUT2D eigenvalue weighted by atomic mass is 9.86. The van der Waals surface area contributed by atoms with Crippen molar-refractivity contribution in [3.63, 3.8) is 0 Å². The fourth-order valence-electron chi connectivity index (χ4n) is 3.93. The Morgan fingerprint density at radius 3 is 2.21 bits per heavy atom. The summed E-state index contributed by atoms with van der Waals surface area (Å²) in [5.74, 6) is -0.0522. The summed E-state index contributed by atoms with van der Waals surface area (Å²) in [5.41, 5.74) is 5.15. The van der Waals surface area contributed by atoms with Gasteiger partial charge in [-0.2, -0.15) is 4.31 Å². The lowest BCUT2D eigenvalue weighted by molar-refractivity contribution is -0.122. The van der Waals surface area contributed by atoms with Crippen LogP contribution in [0.15, 0.2) is 29.2 Å². The molecule has 1 heterocycles. The van der Waals surface area contributed by atoms with Crippen molar-refractivity contribution in [2.24, 2.45) is 5.92 Å². The van der Waals surface area contributed by atoms with Gasteiger partial charge >= 0.3 is 0 Å². The molecule has 8 heteroatoms. The molecule has 154 valence electrons. The fourth-order valence-corrected chi connectivity index (χ4v) is 5.45. The molecule has 1 aliphatic heterocycles. The third kappa shape index (κ3) is 5.32. The van der Waals surface area contributed by atoms with Crippen LogP contribution in [0.4, 0.5) is 0 Å². The minimum atomic E-state index is -3.49. The Hall–Kier alpha value is -1.93. The highest BCUT2D eigenvalue weighted by atomic mass is 32.2. The topological polar surface area (TPSA) is 95.6 Å². The Morgan fingerprint density at radius 1 is 0.929 bits per heavy atom. The van der Waals surface area contributed by atoms with Crippen LogP contribution in [-0.4, -0.2) is 37.6 Å². The molecule has 2 amide bonds. The van der Waals surface area contributed by atoms with Crippen LogP contribution in [0, 0.1) is 5.92 Å². The highest BCUT2D eigenvalue weighted by molar-refractivity contribution is 7.89. The molecule has 1 saturated heterocycles. The Bertz CT molecular complexity index is 780. The van der Waals surface area contributed by atoms with Crippen LogP contribution in [0.25, 0.3) is 0 Å². The van der Waals surface area contributed by atoms with Gasteiger partial charge in [0, 0.05) is 25.1 Å². The van der Waals surface area contributed by atoms with E-state index >= 15 is 0 Å². The molecule has 1 aromatic carbocycles. The Balaban J connectivity index is 1.47. The summed E-state index contributed by atoms with van der Waals surface area (Å²) < 4.78 is 26.5. The van der Waals surface area contributed by atoms with E-state index in [2.05, 4.69) is 10.9 Å². The zero-order valence-corrected chi connectivity index (χ0v) is 17.0. The van der Waals surface area contributed by atoms with Gasteiger partial charge < -0.3 is 0 Å². The smallest absolute Gasteiger partial charge is 0.269 e. The molecule has 1 aromatic rings. The third-order valence-electron chi connectivity index (χ3n) is 5.64. The van der Waals surface area contributed by atoms with Crippen molar-refractivity contribution >= 4 is 21.8 Å². The quantitative estimate of drug-likeness (QED) is 0.709. The number of nitrogens with zero attached hydrogens (tertiary/aromatic N) is 1. The van der Waals surface area contributed by atoms with Gasteiger partial charge in [0.1, 0.15) is 0 Å². The maximum absolute atomic E-state index is 12.5. The predicted octanol–water partition coefficient (Wildman–Crippen LogP) is 2.59. The van der Waals surface area contributed by atoms with Crippen molar-refractivity contribution in [3.05, 3.63) is 29.8 Å². The van der Waals surface area contributed by atoms with E-state index in [1.807, 2.05) is 0 Å². The standard InChI is InChI=1S/C20H29N3O4S/c24-19(13-8-16-6-2-1-3-7-16)21-22-20(25)17-9-11-18(12-10-17)28(26,27)23-14-4-5-15-23/h9-12,16H,1-8,13-15H2,(H,21,24)(H,22,25). The first kappa shape index (κ1) is 20.8. The van der Waals surface area contributed by atoms with Crippen LogP contribution in [-0.2, 0) is 14.8 Å². The van der Waals surface area contributed by atoms with Crippen LogP contribution >= 0.6 is 0 Å². The van der Waals surface area contributed by atoms with E-state index in [4.69, 9.17) is 0 Å². The lowest BCUT2D eigenvalue weighted by Crippen LogP contribution is -2.41.